The van der Waals surface area contributed by atoms with E-state index in [-0.39, 0.29) is 31.6 Å². The van der Waals surface area contributed by atoms with Crippen molar-refractivity contribution < 1.29 is 27.6 Å². The third-order valence-corrected chi connectivity index (χ3v) is 5.33. The van der Waals surface area contributed by atoms with Crippen molar-refractivity contribution in [3.05, 3.63) is 65.7 Å². The highest BCUT2D eigenvalue weighted by Gasteiger charge is 2.31. The van der Waals surface area contributed by atoms with Gasteiger partial charge in [-0.15, -0.1) is 0 Å². The lowest BCUT2D eigenvalue weighted by Crippen LogP contribution is -2.52. The number of alkyl halides is 3. The molecule has 0 aliphatic carbocycles. The first-order valence-corrected chi connectivity index (χ1v) is 11.3. The van der Waals surface area contributed by atoms with E-state index >= 15 is 0 Å². The van der Waals surface area contributed by atoms with E-state index in [1.807, 2.05) is 30.3 Å². The molecular weight excluding hydrogens is 477 g/mol. The van der Waals surface area contributed by atoms with E-state index in [2.05, 4.69) is 16.0 Å². The molecule has 2 atom stereocenters. The molecule has 3 amide bonds. The predicted octanol–water partition coefficient (Wildman–Crippen LogP) is 0.881. The average molecular weight is 509 g/mol. The predicted molar refractivity (Wildman–Crippen MR) is 129 cm³/mol. The SMILES string of the molecule is NCC(CN)NC(=O)CC(N)C(=O)NC(CCc1ccccc1)C(=O)Nc1cccc(C(F)(F)F)c1. The van der Waals surface area contributed by atoms with E-state index in [1.165, 1.54) is 12.1 Å². The zero-order valence-electron chi connectivity index (χ0n) is 19.6. The van der Waals surface area contributed by atoms with Crippen molar-refractivity contribution in [1.29, 1.82) is 0 Å². The second-order valence-corrected chi connectivity index (χ2v) is 8.20. The first kappa shape index (κ1) is 28.8. The summed E-state index contributed by atoms with van der Waals surface area (Å²) < 4.78 is 39.1. The van der Waals surface area contributed by atoms with Crippen LogP contribution >= 0.6 is 0 Å². The van der Waals surface area contributed by atoms with Gasteiger partial charge >= 0.3 is 6.18 Å². The molecule has 12 heteroatoms. The molecule has 2 rings (SSSR count). The maximum Gasteiger partial charge on any atom is 0.416 e. The van der Waals surface area contributed by atoms with E-state index in [4.69, 9.17) is 17.2 Å². The number of carbonyl (C=O) groups excluding carboxylic acids is 3. The highest BCUT2D eigenvalue weighted by Crippen LogP contribution is 2.30. The maximum atomic E-state index is 13.0. The second kappa shape index (κ2) is 13.6. The molecule has 9 nitrogen and oxygen atoms in total. The first-order chi connectivity index (χ1) is 17.0. The smallest absolute Gasteiger partial charge is 0.351 e. The van der Waals surface area contributed by atoms with Crippen LogP contribution in [-0.2, 0) is 27.0 Å². The Morgan fingerprint density at radius 1 is 0.889 bits per heavy atom. The van der Waals surface area contributed by atoms with Crippen LogP contribution in [0, 0.1) is 0 Å². The summed E-state index contributed by atoms with van der Waals surface area (Å²) >= 11 is 0. The summed E-state index contributed by atoms with van der Waals surface area (Å²) in [6, 6.07) is 10.4. The van der Waals surface area contributed by atoms with Crippen LogP contribution in [0.3, 0.4) is 0 Å². The quantitative estimate of drug-likeness (QED) is 0.249. The van der Waals surface area contributed by atoms with E-state index in [1.54, 1.807) is 0 Å². The molecule has 0 radical (unpaired) electrons. The Morgan fingerprint density at radius 2 is 1.56 bits per heavy atom. The van der Waals surface area contributed by atoms with Gasteiger partial charge in [-0.3, -0.25) is 14.4 Å². The van der Waals surface area contributed by atoms with Crippen molar-refractivity contribution in [2.45, 2.75) is 43.6 Å². The van der Waals surface area contributed by atoms with E-state index in [9.17, 15) is 27.6 Å². The van der Waals surface area contributed by atoms with Crippen LogP contribution in [-0.4, -0.2) is 48.9 Å². The van der Waals surface area contributed by atoms with Gasteiger partial charge in [-0.05, 0) is 36.6 Å². The van der Waals surface area contributed by atoms with Gasteiger partial charge in [0.05, 0.1) is 24.1 Å². The first-order valence-electron chi connectivity index (χ1n) is 11.3. The largest absolute Gasteiger partial charge is 0.416 e. The van der Waals surface area contributed by atoms with Crippen LogP contribution in [0.5, 0.6) is 0 Å². The number of benzene rings is 2. The van der Waals surface area contributed by atoms with E-state index in [0.29, 0.717) is 6.42 Å². The molecule has 0 fully saturated rings. The molecule has 2 aromatic rings. The van der Waals surface area contributed by atoms with Gasteiger partial charge in [0.15, 0.2) is 0 Å². The summed E-state index contributed by atoms with van der Waals surface area (Å²) in [5, 5.41) is 7.48. The molecule has 36 heavy (non-hydrogen) atoms. The maximum absolute atomic E-state index is 13.0. The number of hydrogen-bond donors (Lipinski definition) is 6. The summed E-state index contributed by atoms with van der Waals surface area (Å²) in [5.41, 5.74) is 16.7. The minimum atomic E-state index is -4.58. The third-order valence-electron chi connectivity index (χ3n) is 5.33. The number of amides is 3. The lowest BCUT2D eigenvalue weighted by molar-refractivity contribution is -0.137. The molecule has 0 saturated carbocycles. The minimum Gasteiger partial charge on any atom is -0.351 e. The minimum absolute atomic E-state index is 0.0768. The monoisotopic (exact) mass is 508 g/mol. The van der Waals surface area contributed by atoms with Crippen LogP contribution in [0.25, 0.3) is 0 Å². The lowest BCUT2D eigenvalue weighted by atomic mass is 10.0. The second-order valence-electron chi connectivity index (χ2n) is 8.20. The van der Waals surface area contributed by atoms with Gasteiger partial charge in [0.25, 0.3) is 0 Å². The van der Waals surface area contributed by atoms with Crippen molar-refractivity contribution in [2.75, 3.05) is 18.4 Å². The normalized spacial score (nSPS) is 13.1. The van der Waals surface area contributed by atoms with Crippen LogP contribution in [0.1, 0.15) is 24.0 Å². The number of nitrogens with one attached hydrogen (secondary N) is 3. The van der Waals surface area contributed by atoms with E-state index < -0.39 is 47.6 Å². The average Bonchev–Trinajstić information content (AvgIpc) is 2.85. The number of nitrogens with two attached hydrogens (primary N) is 3. The van der Waals surface area contributed by atoms with Gasteiger partial charge in [0, 0.05) is 18.8 Å². The summed E-state index contributed by atoms with van der Waals surface area (Å²) in [4.78, 5) is 37.7. The number of aryl methyl sites for hydroxylation is 1. The third kappa shape index (κ3) is 9.29. The van der Waals surface area contributed by atoms with Crippen molar-refractivity contribution in [1.82, 2.24) is 10.6 Å². The Kier molecular flexibility index (Phi) is 10.8. The molecule has 2 aromatic carbocycles. The molecule has 0 aliphatic rings. The van der Waals surface area contributed by atoms with Gasteiger partial charge in [0.2, 0.25) is 17.7 Å². The Hall–Kier alpha value is -3.48. The van der Waals surface area contributed by atoms with Gasteiger partial charge in [-0.2, -0.15) is 13.2 Å². The van der Waals surface area contributed by atoms with E-state index in [0.717, 1.165) is 17.7 Å². The summed E-state index contributed by atoms with van der Waals surface area (Å²) in [6.45, 7) is 0.224. The van der Waals surface area contributed by atoms with Crippen LogP contribution < -0.4 is 33.2 Å². The molecule has 0 spiro atoms. The standard InChI is InChI=1S/C24H31F3N6O3/c25-24(26,27)16-7-4-8-17(11-16)32-23(36)20(10-9-15-5-2-1-3-6-15)33-22(35)19(30)12-21(34)31-18(13-28)14-29/h1-8,11,18-20H,9-10,12-14,28-30H2,(H,31,34)(H,32,36)(H,33,35). The van der Waals surface area contributed by atoms with Gasteiger partial charge in [0.1, 0.15) is 6.04 Å². The Balaban J connectivity index is 2.10. The Labute approximate surface area is 207 Å². The highest BCUT2D eigenvalue weighted by atomic mass is 19.4. The number of halogens is 3. The van der Waals surface area contributed by atoms with Crippen molar-refractivity contribution in [3.8, 4) is 0 Å². The Morgan fingerprint density at radius 3 is 2.17 bits per heavy atom. The van der Waals surface area contributed by atoms with Gasteiger partial charge < -0.3 is 33.2 Å². The van der Waals surface area contributed by atoms with Crippen molar-refractivity contribution >= 4 is 23.4 Å². The van der Waals surface area contributed by atoms with Crippen LogP contribution in [0.4, 0.5) is 18.9 Å². The highest BCUT2D eigenvalue weighted by molar-refractivity contribution is 5.98. The van der Waals surface area contributed by atoms with Crippen LogP contribution in [0.2, 0.25) is 0 Å². The summed E-state index contributed by atoms with van der Waals surface area (Å²) in [6.07, 6.45) is -4.42. The molecule has 0 aliphatic heterocycles. The molecule has 9 N–H and O–H groups in total. The van der Waals surface area contributed by atoms with Crippen molar-refractivity contribution in [2.24, 2.45) is 17.2 Å². The molecular formula is C24H31F3N6O3. The molecule has 196 valence electrons. The summed E-state index contributed by atoms with van der Waals surface area (Å²) in [7, 11) is 0. The number of rotatable bonds is 12. The zero-order valence-corrected chi connectivity index (χ0v) is 19.6. The molecule has 0 saturated heterocycles. The van der Waals surface area contributed by atoms with Crippen molar-refractivity contribution in [3.63, 3.8) is 0 Å². The number of anilines is 1. The fourth-order valence-electron chi connectivity index (χ4n) is 3.30. The Bertz CT molecular complexity index is 1020. The molecule has 0 heterocycles. The molecule has 0 aromatic heterocycles. The fourth-order valence-corrected chi connectivity index (χ4v) is 3.30. The molecule has 2 unspecified atom stereocenters. The topological polar surface area (TPSA) is 165 Å². The lowest BCUT2D eigenvalue weighted by Gasteiger charge is -2.22. The zero-order chi connectivity index (χ0) is 26.7. The number of hydrogen-bond acceptors (Lipinski definition) is 6. The van der Waals surface area contributed by atoms with Crippen LogP contribution in [0.15, 0.2) is 54.6 Å². The van der Waals surface area contributed by atoms with Gasteiger partial charge in [-0.25, -0.2) is 0 Å². The molecule has 0 bridgehead atoms. The van der Waals surface area contributed by atoms with Gasteiger partial charge in [-0.1, -0.05) is 36.4 Å². The summed E-state index contributed by atoms with van der Waals surface area (Å²) in [5.74, 6) is -2.02. The number of carbonyl (C=O) groups is 3. The fraction of sp³-hybridized carbons (Fsp3) is 0.375.